The molecule has 1 heterocycles. The summed E-state index contributed by atoms with van der Waals surface area (Å²) >= 11 is 0. The lowest BCUT2D eigenvalue weighted by molar-refractivity contribution is -0.141. The number of nitrogens with zero attached hydrogens (tertiary/aromatic N) is 1. The average molecular weight is 280 g/mol. The Labute approximate surface area is 114 Å². The summed E-state index contributed by atoms with van der Waals surface area (Å²) in [7, 11) is 0. The van der Waals surface area contributed by atoms with E-state index in [1.807, 2.05) is 0 Å². The maximum atomic E-state index is 13.2. The number of hydrogen-bond donors (Lipinski definition) is 1. The van der Waals surface area contributed by atoms with E-state index in [2.05, 4.69) is 5.43 Å². The topological polar surface area (TPSA) is 49.4 Å². The lowest BCUT2D eigenvalue weighted by atomic mass is 9.77. The molecule has 1 aromatic rings. The predicted octanol–water partition coefficient (Wildman–Crippen LogP) is 2.15. The van der Waals surface area contributed by atoms with Crippen LogP contribution in [0.5, 0.6) is 0 Å². The van der Waals surface area contributed by atoms with Gasteiger partial charge in [-0.25, -0.2) is 13.8 Å². The molecule has 6 heteroatoms. The molecule has 2 amide bonds. The summed E-state index contributed by atoms with van der Waals surface area (Å²) in [6.07, 6.45) is 3.15. The van der Waals surface area contributed by atoms with Crippen LogP contribution in [0.25, 0.3) is 0 Å². The van der Waals surface area contributed by atoms with Crippen molar-refractivity contribution in [3.63, 3.8) is 0 Å². The van der Waals surface area contributed by atoms with Gasteiger partial charge < -0.3 is 0 Å². The van der Waals surface area contributed by atoms with E-state index < -0.39 is 11.6 Å². The van der Waals surface area contributed by atoms with Crippen molar-refractivity contribution >= 4 is 17.5 Å². The molecule has 0 aromatic heterocycles. The first-order chi connectivity index (χ1) is 9.56. The molecule has 1 aliphatic carbocycles. The van der Waals surface area contributed by atoms with Crippen LogP contribution in [-0.2, 0) is 9.59 Å². The van der Waals surface area contributed by atoms with Crippen LogP contribution < -0.4 is 10.4 Å². The van der Waals surface area contributed by atoms with Crippen molar-refractivity contribution in [3.8, 4) is 0 Å². The third-order valence-corrected chi connectivity index (χ3v) is 3.97. The van der Waals surface area contributed by atoms with Gasteiger partial charge in [0.15, 0.2) is 0 Å². The monoisotopic (exact) mass is 280 g/mol. The number of anilines is 1. The van der Waals surface area contributed by atoms with Crippen LogP contribution in [-0.4, -0.2) is 11.8 Å². The van der Waals surface area contributed by atoms with E-state index in [4.69, 9.17) is 0 Å². The molecule has 0 unspecified atom stereocenters. The molecule has 2 aliphatic rings. The minimum Gasteiger partial charge on any atom is -0.273 e. The van der Waals surface area contributed by atoms with E-state index in [0.29, 0.717) is 12.8 Å². The Bertz CT molecular complexity index is 556. The predicted molar refractivity (Wildman–Crippen MR) is 67.4 cm³/mol. The van der Waals surface area contributed by atoms with Crippen molar-refractivity contribution in [1.29, 1.82) is 0 Å². The standard InChI is InChI=1S/C14H14F2N2O2/c15-8-5-9(16)7-10(6-8)18-14(20)12-4-2-1-3-11(12)13(19)17-18/h5-7,11-12H,1-4H2,(H,17,19)/t11-,12+/m1/s1. The average Bonchev–Trinajstić information content (AvgIpc) is 2.42. The zero-order valence-electron chi connectivity index (χ0n) is 10.7. The van der Waals surface area contributed by atoms with E-state index in [0.717, 1.165) is 36.0 Å². The quantitative estimate of drug-likeness (QED) is 0.857. The number of amides is 2. The Hall–Kier alpha value is -1.98. The summed E-state index contributed by atoms with van der Waals surface area (Å²) in [6, 6.07) is 2.79. The van der Waals surface area contributed by atoms with Crippen LogP contribution in [0.15, 0.2) is 18.2 Å². The Morgan fingerprint density at radius 3 is 2.25 bits per heavy atom. The van der Waals surface area contributed by atoms with Crippen molar-refractivity contribution in [3.05, 3.63) is 29.8 Å². The highest BCUT2D eigenvalue weighted by atomic mass is 19.1. The van der Waals surface area contributed by atoms with Crippen molar-refractivity contribution in [1.82, 2.24) is 5.43 Å². The van der Waals surface area contributed by atoms with Gasteiger partial charge in [-0.05, 0) is 25.0 Å². The van der Waals surface area contributed by atoms with Gasteiger partial charge in [0, 0.05) is 6.07 Å². The molecule has 3 rings (SSSR count). The Morgan fingerprint density at radius 1 is 1.00 bits per heavy atom. The van der Waals surface area contributed by atoms with E-state index in [1.165, 1.54) is 0 Å². The number of carbonyl (C=O) groups is 2. The highest BCUT2D eigenvalue weighted by Crippen LogP contribution is 2.35. The van der Waals surface area contributed by atoms with E-state index in [9.17, 15) is 18.4 Å². The molecule has 0 spiro atoms. The second-order valence-corrected chi connectivity index (χ2v) is 5.27. The van der Waals surface area contributed by atoms with Crippen LogP contribution in [0, 0.1) is 23.5 Å². The van der Waals surface area contributed by atoms with Crippen LogP contribution in [0.4, 0.5) is 14.5 Å². The van der Waals surface area contributed by atoms with Gasteiger partial charge in [0.05, 0.1) is 17.5 Å². The Morgan fingerprint density at radius 2 is 1.60 bits per heavy atom. The largest absolute Gasteiger partial charge is 0.273 e. The number of nitrogens with one attached hydrogen (secondary N) is 1. The van der Waals surface area contributed by atoms with Crippen LogP contribution in [0.1, 0.15) is 25.7 Å². The van der Waals surface area contributed by atoms with Crippen molar-refractivity contribution in [2.75, 3.05) is 5.01 Å². The molecule has 1 aromatic carbocycles. The van der Waals surface area contributed by atoms with Crippen LogP contribution in [0.2, 0.25) is 0 Å². The zero-order valence-corrected chi connectivity index (χ0v) is 10.7. The second-order valence-electron chi connectivity index (χ2n) is 5.27. The van der Waals surface area contributed by atoms with Gasteiger partial charge in [-0.2, -0.15) is 0 Å². The first-order valence-electron chi connectivity index (χ1n) is 6.67. The van der Waals surface area contributed by atoms with E-state index in [1.54, 1.807) is 0 Å². The highest BCUT2D eigenvalue weighted by molar-refractivity contribution is 6.03. The molecule has 2 fully saturated rings. The van der Waals surface area contributed by atoms with E-state index in [-0.39, 0.29) is 29.3 Å². The minimum atomic E-state index is -0.784. The molecule has 0 radical (unpaired) electrons. The molecule has 2 atom stereocenters. The summed E-state index contributed by atoms with van der Waals surface area (Å²) in [4.78, 5) is 24.4. The lowest BCUT2D eigenvalue weighted by Crippen LogP contribution is -2.59. The summed E-state index contributed by atoms with van der Waals surface area (Å²) in [6.45, 7) is 0. The Kier molecular flexibility index (Phi) is 3.16. The van der Waals surface area contributed by atoms with Crippen molar-refractivity contribution in [2.24, 2.45) is 11.8 Å². The third-order valence-electron chi connectivity index (χ3n) is 3.97. The SMILES string of the molecule is O=C1NN(c2cc(F)cc(F)c2)C(=O)[C@H]2CCCC[C@@H]12. The van der Waals surface area contributed by atoms with E-state index >= 15 is 0 Å². The summed E-state index contributed by atoms with van der Waals surface area (Å²) in [5.74, 6) is -2.81. The number of hydrazine groups is 1. The fraction of sp³-hybridized carbons (Fsp3) is 0.429. The fourth-order valence-electron chi connectivity index (χ4n) is 3.01. The van der Waals surface area contributed by atoms with Gasteiger partial charge >= 0.3 is 0 Å². The molecule has 0 bridgehead atoms. The summed E-state index contributed by atoms with van der Waals surface area (Å²) in [5.41, 5.74) is 2.47. The molecular weight excluding hydrogens is 266 g/mol. The molecule has 1 N–H and O–H groups in total. The second kappa shape index (κ2) is 4.85. The molecule has 20 heavy (non-hydrogen) atoms. The molecule has 4 nitrogen and oxygen atoms in total. The van der Waals surface area contributed by atoms with Gasteiger partial charge in [-0.1, -0.05) is 12.8 Å². The molecular formula is C14H14F2N2O2. The lowest BCUT2D eigenvalue weighted by Gasteiger charge is -2.39. The molecule has 1 saturated carbocycles. The minimum absolute atomic E-state index is 0.0184. The maximum absolute atomic E-state index is 13.2. The molecule has 106 valence electrons. The van der Waals surface area contributed by atoms with Crippen LogP contribution >= 0.6 is 0 Å². The number of hydrogen-bond acceptors (Lipinski definition) is 2. The number of rotatable bonds is 1. The van der Waals surface area contributed by atoms with Gasteiger partial charge in [0.25, 0.3) is 0 Å². The number of halogens is 2. The van der Waals surface area contributed by atoms with Gasteiger partial charge in [-0.3, -0.25) is 15.0 Å². The smallest absolute Gasteiger partial charge is 0.249 e. The Balaban J connectivity index is 1.94. The highest BCUT2D eigenvalue weighted by Gasteiger charge is 2.43. The first-order valence-corrected chi connectivity index (χ1v) is 6.67. The third kappa shape index (κ3) is 2.15. The van der Waals surface area contributed by atoms with Gasteiger partial charge in [0.2, 0.25) is 11.8 Å². The maximum Gasteiger partial charge on any atom is 0.249 e. The summed E-state index contributed by atoms with van der Waals surface area (Å²) < 4.78 is 26.5. The molecule has 1 saturated heterocycles. The first kappa shape index (κ1) is 13.0. The fourth-order valence-corrected chi connectivity index (χ4v) is 3.01. The van der Waals surface area contributed by atoms with Crippen molar-refractivity contribution < 1.29 is 18.4 Å². The van der Waals surface area contributed by atoms with Gasteiger partial charge in [0.1, 0.15) is 11.6 Å². The number of fused-ring (bicyclic) bond motifs is 1. The number of benzene rings is 1. The van der Waals surface area contributed by atoms with Crippen LogP contribution in [0.3, 0.4) is 0 Å². The molecule has 1 aliphatic heterocycles. The zero-order chi connectivity index (χ0) is 14.3. The van der Waals surface area contributed by atoms with Crippen molar-refractivity contribution in [2.45, 2.75) is 25.7 Å². The number of carbonyl (C=O) groups excluding carboxylic acids is 2. The summed E-state index contributed by atoms with van der Waals surface area (Å²) in [5, 5.41) is 0.973. The van der Waals surface area contributed by atoms with Gasteiger partial charge in [-0.15, -0.1) is 0 Å². The normalized spacial score (nSPS) is 26.2.